The van der Waals surface area contributed by atoms with Gasteiger partial charge >= 0.3 is 0 Å². The van der Waals surface area contributed by atoms with Gasteiger partial charge in [-0.25, -0.2) is 0 Å². The van der Waals surface area contributed by atoms with E-state index >= 15 is 0 Å². The molecule has 1 N–H and O–H groups in total. The molecule has 21 heavy (non-hydrogen) atoms. The van der Waals surface area contributed by atoms with Crippen LogP contribution in [-0.2, 0) is 11.2 Å². The van der Waals surface area contributed by atoms with E-state index in [0.717, 1.165) is 19.6 Å². The first kappa shape index (κ1) is 16.5. The topological polar surface area (TPSA) is 21.3 Å². The summed E-state index contributed by atoms with van der Waals surface area (Å²) in [4.78, 5) is 0. The average molecular weight is 289 g/mol. The van der Waals surface area contributed by atoms with Gasteiger partial charge in [-0.05, 0) is 38.3 Å². The highest BCUT2D eigenvalue weighted by Gasteiger charge is 2.39. The van der Waals surface area contributed by atoms with Gasteiger partial charge in [-0.1, -0.05) is 62.9 Å². The molecule has 1 aromatic carbocycles. The van der Waals surface area contributed by atoms with Gasteiger partial charge in [0.25, 0.3) is 0 Å². The quantitative estimate of drug-likeness (QED) is 0.754. The summed E-state index contributed by atoms with van der Waals surface area (Å²) in [6, 6.07) is 11.3. The molecule has 2 heteroatoms. The fraction of sp³-hybridized carbons (Fsp3) is 0.684. The number of hydrogen-bond acceptors (Lipinski definition) is 2. The van der Waals surface area contributed by atoms with Crippen LogP contribution in [0.5, 0.6) is 0 Å². The lowest BCUT2D eigenvalue weighted by molar-refractivity contribution is -0.0764. The molecule has 0 radical (unpaired) electrons. The summed E-state index contributed by atoms with van der Waals surface area (Å²) in [6.07, 6.45) is 8.79. The van der Waals surface area contributed by atoms with Crippen molar-refractivity contribution in [1.29, 1.82) is 0 Å². The third-order valence-electron chi connectivity index (χ3n) is 4.75. The van der Waals surface area contributed by atoms with Crippen LogP contribution >= 0.6 is 0 Å². The van der Waals surface area contributed by atoms with Crippen molar-refractivity contribution < 1.29 is 4.74 Å². The molecule has 1 fully saturated rings. The summed E-state index contributed by atoms with van der Waals surface area (Å²) in [5.41, 5.74) is 1.43. The minimum absolute atomic E-state index is 0.0249. The van der Waals surface area contributed by atoms with Crippen LogP contribution in [-0.4, -0.2) is 24.8 Å². The molecule has 2 rings (SSSR count). The second-order valence-electron chi connectivity index (χ2n) is 6.21. The van der Waals surface area contributed by atoms with Gasteiger partial charge < -0.3 is 10.1 Å². The summed E-state index contributed by atoms with van der Waals surface area (Å²) in [5, 5.41) is 3.73. The molecule has 0 aromatic heterocycles. The summed E-state index contributed by atoms with van der Waals surface area (Å²) < 4.78 is 6.37. The van der Waals surface area contributed by atoms with Crippen LogP contribution in [0.25, 0.3) is 0 Å². The lowest BCUT2D eigenvalue weighted by Gasteiger charge is -2.41. The Bertz CT molecular complexity index is 382. The van der Waals surface area contributed by atoms with Crippen LogP contribution in [0.4, 0.5) is 0 Å². The Balaban J connectivity index is 2.18. The lowest BCUT2D eigenvalue weighted by Crippen LogP contribution is -2.53. The molecule has 1 aromatic rings. The van der Waals surface area contributed by atoms with Crippen molar-refractivity contribution in [2.45, 2.75) is 70.4 Å². The maximum absolute atomic E-state index is 6.37. The Kier molecular flexibility index (Phi) is 6.72. The molecule has 0 aliphatic heterocycles. The number of rotatable bonds is 7. The Morgan fingerprint density at radius 2 is 1.71 bits per heavy atom. The molecular formula is C19H31NO. The van der Waals surface area contributed by atoms with Crippen molar-refractivity contribution in [1.82, 2.24) is 5.32 Å². The van der Waals surface area contributed by atoms with Crippen molar-refractivity contribution in [2.24, 2.45) is 0 Å². The highest BCUT2D eigenvalue weighted by Crippen LogP contribution is 2.35. The van der Waals surface area contributed by atoms with Crippen LogP contribution in [0.2, 0.25) is 0 Å². The largest absolute Gasteiger partial charge is 0.374 e. The Labute approximate surface area is 130 Å². The van der Waals surface area contributed by atoms with E-state index in [1.54, 1.807) is 0 Å². The third kappa shape index (κ3) is 4.55. The molecule has 0 amide bonds. The zero-order chi connectivity index (χ0) is 15.0. The number of nitrogens with one attached hydrogen (secondary N) is 1. The van der Waals surface area contributed by atoms with Crippen LogP contribution in [0.1, 0.15) is 57.9 Å². The Morgan fingerprint density at radius 3 is 2.29 bits per heavy atom. The van der Waals surface area contributed by atoms with Gasteiger partial charge in [0, 0.05) is 12.6 Å². The van der Waals surface area contributed by atoms with Crippen molar-refractivity contribution >= 4 is 0 Å². The maximum Gasteiger partial charge on any atom is 0.0837 e. The molecule has 1 unspecified atom stereocenters. The van der Waals surface area contributed by atoms with Crippen molar-refractivity contribution in [3.05, 3.63) is 35.9 Å². The van der Waals surface area contributed by atoms with E-state index in [1.807, 2.05) is 0 Å². The average Bonchev–Trinajstić information content (AvgIpc) is 2.75. The fourth-order valence-electron chi connectivity index (χ4n) is 3.75. The smallest absolute Gasteiger partial charge is 0.0837 e. The van der Waals surface area contributed by atoms with Gasteiger partial charge in [-0.3, -0.25) is 0 Å². The van der Waals surface area contributed by atoms with Gasteiger partial charge in [-0.2, -0.15) is 0 Å². The highest BCUT2D eigenvalue weighted by molar-refractivity contribution is 5.17. The molecule has 0 bridgehead atoms. The number of hydrogen-bond donors (Lipinski definition) is 1. The summed E-state index contributed by atoms with van der Waals surface area (Å²) >= 11 is 0. The van der Waals surface area contributed by atoms with Crippen molar-refractivity contribution in [3.8, 4) is 0 Å². The maximum atomic E-state index is 6.37. The zero-order valence-corrected chi connectivity index (χ0v) is 13.7. The van der Waals surface area contributed by atoms with E-state index < -0.39 is 0 Å². The summed E-state index contributed by atoms with van der Waals surface area (Å²) in [7, 11) is 0. The monoisotopic (exact) mass is 289 g/mol. The van der Waals surface area contributed by atoms with E-state index in [1.165, 1.54) is 44.1 Å². The van der Waals surface area contributed by atoms with E-state index in [-0.39, 0.29) is 5.60 Å². The number of ether oxygens (including phenoxy) is 1. The van der Waals surface area contributed by atoms with E-state index in [9.17, 15) is 0 Å². The first-order chi connectivity index (χ1) is 10.3. The molecule has 1 saturated carbocycles. The predicted octanol–water partition coefficient (Wildman–Crippen LogP) is 4.34. The Morgan fingerprint density at radius 1 is 1.05 bits per heavy atom. The molecule has 0 saturated heterocycles. The van der Waals surface area contributed by atoms with Gasteiger partial charge in [-0.15, -0.1) is 0 Å². The van der Waals surface area contributed by atoms with Gasteiger partial charge in [0.2, 0.25) is 0 Å². The van der Waals surface area contributed by atoms with E-state index in [0.29, 0.717) is 6.04 Å². The highest BCUT2D eigenvalue weighted by atomic mass is 16.5. The molecule has 0 spiro atoms. The van der Waals surface area contributed by atoms with Crippen LogP contribution < -0.4 is 5.32 Å². The SMILES string of the molecule is CCNC(Cc1ccccc1)C1(OCC)CCCCCC1. The lowest BCUT2D eigenvalue weighted by atomic mass is 9.82. The van der Waals surface area contributed by atoms with Crippen LogP contribution in [0, 0.1) is 0 Å². The Hall–Kier alpha value is -0.860. The van der Waals surface area contributed by atoms with Gasteiger partial charge in [0.05, 0.1) is 5.60 Å². The van der Waals surface area contributed by atoms with E-state index in [2.05, 4.69) is 49.5 Å². The fourth-order valence-corrected chi connectivity index (χ4v) is 3.75. The molecule has 1 aliphatic carbocycles. The third-order valence-corrected chi connectivity index (χ3v) is 4.75. The van der Waals surface area contributed by atoms with Crippen molar-refractivity contribution in [3.63, 3.8) is 0 Å². The summed E-state index contributed by atoms with van der Waals surface area (Å²) in [5.74, 6) is 0. The summed E-state index contributed by atoms with van der Waals surface area (Å²) in [6.45, 7) is 6.16. The second kappa shape index (κ2) is 8.55. The minimum Gasteiger partial charge on any atom is -0.374 e. The van der Waals surface area contributed by atoms with Crippen molar-refractivity contribution in [2.75, 3.05) is 13.2 Å². The molecule has 1 atom stereocenters. The standard InChI is InChI=1S/C19H31NO/c1-3-20-18(16-17-12-8-7-9-13-17)19(21-4-2)14-10-5-6-11-15-19/h7-9,12-13,18,20H,3-6,10-11,14-16H2,1-2H3. The number of likely N-dealkylation sites (N-methyl/N-ethyl adjacent to an activating group) is 1. The molecule has 118 valence electrons. The molecule has 1 aliphatic rings. The second-order valence-corrected chi connectivity index (χ2v) is 6.21. The number of benzene rings is 1. The van der Waals surface area contributed by atoms with Gasteiger partial charge in [0.1, 0.15) is 0 Å². The first-order valence-corrected chi connectivity index (χ1v) is 8.72. The predicted molar refractivity (Wildman–Crippen MR) is 89.7 cm³/mol. The first-order valence-electron chi connectivity index (χ1n) is 8.72. The van der Waals surface area contributed by atoms with E-state index in [4.69, 9.17) is 4.74 Å². The van der Waals surface area contributed by atoms with Crippen LogP contribution in [0.15, 0.2) is 30.3 Å². The van der Waals surface area contributed by atoms with Crippen LogP contribution in [0.3, 0.4) is 0 Å². The molecule has 2 nitrogen and oxygen atoms in total. The molecule has 0 heterocycles. The minimum atomic E-state index is 0.0249. The zero-order valence-electron chi connectivity index (χ0n) is 13.7. The van der Waals surface area contributed by atoms with Gasteiger partial charge in [0.15, 0.2) is 0 Å². The molecular weight excluding hydrogens is 258 g/mol. The normalized spacial score (nSPS) is 19.9.